The topological polar surface area (TPSA) is 80.7 Å². The molecule has 5 aliphatic rings. The Balaban J connectivity index is 1.21. The number of morpholine rings is 1. The predicted octanol–water partition coefficient (Wildman–Crippen LogP) is 6.19. The van der Waals surface area contributed by atoms with Crippen molar-refractivity contribution < 1.29 is 23.2 Å². The van der Waals surface area contributed by atoms with Gasteiger partial charge in [-0.2, -0.15) is 10.6 Å². The molecule has 7 rings (SSSR count). The molecule has 0 radical (unpaired) electrons. The molecule has 2 aliphatic carbocycles. The number of ether oxygens (including phenoxy) is 3. The highest BCUT2D eigenvalue weighted by Gasteiger charge is 2.44. The summed E-state index contributed by atoms with van der Waals surface area (Å²) in [5.74, 6) is 1.56. The zero-order valence-corrected chi connectivity index (χ0v) is 28.1. The summed E-state index contributed by atoms with van der Waals surface area (Å²) >= 11 is 6.45. The molecule has 2 aromatic rings. The van der Waals surface area contributed by atoms with Crippen LogP contribution in [0.2, 0.25) is 5.02 Å². The molecule has 2 aromatic carbocycles. The van der Waals surface area contributed by atoms with E-state index in [1.54, 1.807) is 6.07 Å². The first-order chi connectivity index (χ1) is 22.5. The third-order valence-corrected chi connectivity index (χ3v) is 11.9. The van der Waals surface area contributed by atoms with Crippen molar-refractivity contribution in [2.75, 3.05) is 69.8 Å². The summed E-state index contributed by atoms with van der Waals surface area (Å²) in [6.45, 7) is 7.29. The van der Waals surface area contributed by atoms with Crippen molar-refractivity contribution in [1.29, 1.82) is 0 Å². The molecule has 1 amide bonds. The summed E-state index contributed by atoms with van der Waals surface area (Å²) in [5.41, 5.74) is 3.81. The lowest BCUT2D eigenvalue weighted by Crippen LogP contribution is -2.50. The number of rotatable bonds is 4. The molecule has 2 fully saturated rings. The SMILES string of the molecule is O=C1N=[S-](=O)CCC/C=C/[C@H](OCCN2CCOCC2)[C@@H]2CC[C@H]2CN2C[C@@]3(CCCc4cc(Cl)ccc43)COc3ccc1cc32. The number of hydrogen-bond donors (Lipinski definition) is 0. The number of carbonyl (C=O) groups is 1. The van der Waals surface area contributed by atoms with Gasteiger partial charge >= 0.3 is 0 Å². The number of nitrogens with zero attached hydrogens (tertiary/aromatic N) is 3. The molecule has 3 heterocycles. The van der Waals surface area contributed by atoms with Gasteiger partial charge in [0.2, 0.25) is 0 Å². The fourth-order valence-electron chi connectivity index (χ4n) is 7.99. The van der Waals surface area contributed by atoms with E-state index in [0.717, 1.165) is 101 Å². The first kappa shape index (κ1) is 32.1. The Hall–Kier alpha value is -2.43. The van der Waals surface area contributed by atoms with Crippen molar-refractivity contribution in [2.45, 2.75) is 56.5 Å². The highest BCUT2D eigenvalue weighted by atomic mass is 35.5. The van der Waals surface area contributed by atoms with Crippen LogP contribution in [-0.4, -0.2) is 81.8 Å². The zero-order valence-electron chi connectivity index (χ0n) is 26.5. The van der Waals surface area contributed by atoms with Crippen molar-refractivity contribution in [3.63, 3.8) is 0 Å². The van der Waals surface area contributed by atoms with Gasteiger partial charge < -0.3 is 27.7 Å². The van der Waals surface area contributed by atoms with Crippen LogP contribution in [0.1, 0.15) is 60.0 Å². The Labute approximate surface area is 279 Å². The molecule has 4 atom stereocenters. The first-order valence-corrected chi connectivity index (χ1v) is 18.7. The van der Waals surface area contributed by atoms with E-state index in [-0.39, 0.29) is 11.5 Å². The molecule has 10 heteroatoms. The van der Waals surface area contributed by atoms with Crippen LogP contribution in [0.3, 0.4) is 0 Å². The second-order valence-electron chi connectivity index (χ2n) is 13.6. The molecule has 0 N–H and O–H groups in total. The van der Waals surface area contributed by atoms with Gasteiger partial charge in [0.05, 0.1) is 38.2 Å². The summed E-state index contributed by atoms with van der Waals surface area (Å²) < 4.78 is 35.6. The Morgan fingerprint density at radius 1 is 1.11 bits per heavy atom. The van der Waals surface area contributed by atoms with Gasteiger partial charge in [-0.25, -0.2) is 0 Å². The number of anilines is 1. The fourth-order valence-corrected chi connectivity index (χ4v) is 8.98. The number of aryl methyl sites for hydroxylation is 1. The number of hydrogen-bond acceptors (Lipinski definition) is 8. The van der Waals surface area contributed by atoms with Gasteiger partial charge in [-0.3, -0.25) is 9.69 Å². The standard InChI is InChI=1S/C36H45ClN3O5S/c37-29-9-11-31-26(21-29)5-4-13-36(31)24-40-23-28-7-10-30(28)33(44-19-16-39-14-17-43-18-15-39)6-2-1-3-20-46(42)38-35(41)27-8-12-34(45-25-36)32(40)22-27/h2,6,8-9,11-12,21-22,28,30,33H,1,3-5,7,10,13-20,23-25H2/q-1/b6-2+/t28-,30+,33-,36-/m0/s1. The van der Waals surface area contributed by atoms with Gasteiger partial charge in [-0.1, -0.05) is 42.0 Å². The minimum Gasteiger partial charge on any atom is -0.490 e. The van der Waals surface area contributed by atoms with Crippen molar-refractivity contribution in [1.82, 2.24) is 4.90 Å². The maximum absolute atomic E-state index is 13.2. The molecule has 46 heavy (non-hydrogen) atoms. The van der Waals surface area contributed by atoms with Crippen LogP contribution >= 0.6 is 11.6 Å². The lowest BCUT2D eigenvalue weighted by Gasteiger charge is -2.46. The molecule has 1 saturated carbocycles. The van der Waals surface area contributed by atoms with Crippen LogP contribution in [0, 0.1) is 11.8 Å². The maximum atomic E-state index is 13.2. The molecular weight excluding hydrogens is 622 g/mol. The van der Waals surface area contributed by atoms with Gasteiger partial charge in [-0.15, -0.1) is 0 Å². The summed E-state index contributed by atoms with van der Waals surface area (Å²) in [6.07, 6.45) is 11.3. The fraction of sp³-hybridized carbons (Fsp3) is 0.583. The van der Waals surface area contributed by atoms with E-state index in [9.17, 15) is 9.00 Å². The molecule has 8 nitrogen and oxygen atoms in total. The normalized spacial score (nSPS) is 29.9. The van der Waals surface area contributed by atoms with E-state index in [2.05, 4.69) is 38.4 Å². The lowest BCUT2D eigenvalue weighted by atomic mass is 9.68. The van der Waals surface area contributed by atoms with Gasteiger partial charge in [0.15, 0.2) is 0 Å². The second kappa shape index (κ2) is 14.4. The number of carbonyl (C=O) groups excluding carboxylic acids is 1. The Kier molecular flexibility index (Phi) is 10.0. The molecular formula is C36H45ClN3O5S-. The molecule has 0 unspecified atom stereocenters. The monoisotopic (exact) mass is 666 g/mol. The van der Waals surface area contributed by atoms with Crippen molar-refractivity contribution in [3.05, 3.63) is 70.3 Å². The van der Waals surface area contributed by atoms with Gasteiger partial charge in [0.25, 0.3) is 5.91 Å². The van der Waals surface area contributed by atoms with E-state index in [1.807, 2.05) is 18.2 Å². The quantitative estimate of drug-likeness (QED) is 0.284. The van der Waals surface area contributed by atoms with E-state index in [4.69, 9.17) is 25.8 Å². The average Bonchev–Trinajstić information content (AvgIpc) is 3.19. The minimum atomic E-state index is -1.57. The third kappa shape index (κ3) is 7.04. The van der Waals surface area contributed by atoms with Crippen LogP contribution in [0.25, 0.3) is 0 Å². The summed E-state index contributed by atoms with van der Waals surface area (Å²) in [6, 6.07) is 11.9. The largest absolute Gasteiger partial charge is 0.490 e. The van der Waals surface area contributed by atoms with Gasteiger partial charge in [0, 0.05) is 48.7 Å². The Morgan fingerprint density at radius 2 is 2.00 bits per heavy atom. The summed E-state index contributed by atoms with van der Waals surface area (Å²) in [5, 5.41) is 0.771. The van der Waals surface area contributed by atoms with Crippen LogP contribution in [-0.2, 0) is 36.1 Å². The number of benzene rings is 2. The van der Waals surface area contributed by atoms with Crippen molar-refractivity contribution >= 4 is 33.8 Å². The first-order valence-electron chi connectivity index (χ1n) is 17.0. The van der Waals surface area contributed by atoms with Gasteiger partial charge in [0.1, 0.15) is 5.75 Å². The van der Waals surface area contributed by atoms with Crippen LogP contribution in [0.4, 0.5) is 5.69 Å². The van der Waals surface area contributed by atoms with Crippen molar-refractivity contribution in [3.8, 4) is 5.75 Å². The van der Waals surface area contributed by atoms with E-state index < -0.39 is 16.5 Å². The lowest BCUT2D eigenvalue weighted by molar-refractivity contribution is -0.0314. The van der Waals surface area contributed by atoms with E-state index >= 15 is 0 Å². The van der Waals surface area contributed by atoms with Crippen LogP contribution in [0.5, 0.6) is 5.75 Å². The van der Waals surface area contributed by atoms with E-state index in [0.29, 0.717) is 42.8 Å². The highest BCUT2D eigenvalue weighted by molar-refractivity contribution is 7.75. The molecule has 3 aliphatic heterocycles. The average molecular weight is 667 g/mol. The van der Waals surface area contributed by atoms with Crippen LogP contribution < -0.4 is 9.64 Å². The third-order valence-electron chi connectivity index (χ3n) is 10.7. The minimum absolute atomic E-state index is 0.0324. The van der Waals surface area contributed by atoms with Crippen molar-refractivity contribution in [2.24, 2.45) is 16.2 Å². The van der Waals surface area contributed by atoms with Gasteiger partial charge in [-0.05, 0) is 91.8 Å². The Bertz CT molecular complexity index is 1540. The molecule has 2 bridgehead atoms. The zero-order chi connectivity index (χ0) is 31.5. The number of halogens is 1. The maximum Gasteiger partial charge on any atom is 0.254 e. The summed E-state index contributed by atoms with van der Waals surface area (Å²) in [4.78, 5) is 18.1. The molecule has 1 spiro atoms. The summed E-state index contributed by atoms with van der Waals surface area (Å²) in [7, 11) is -1.57. The van der Waals surface area contributed by atoms with E-state index in [1.165, 1.54) is 11.1 Å². The number of allylic oxidation sites excluding steroid dienone is 1. The molecule has 248 valence electrons. The van der Waals surface area contributed by atoms with Crippen LogP contribution in [0.15, 0.2) is 52.9 Å². The molecule has 0 aromatic heterocycles. The number of amides is 1. The smallest absolute Gasteiger partial charge is 0.254 e. The predicted molar refractivity (Wildman–Crippen MR) is 181 cm³/mol. The number of fused-ring (bicyclic) bond motifs is 4. The highest BCUT2D eigenvalue weighted by Crippen LogP contribution is 2.47. The second-order valence-corrected chi connectivity index (χ2v) is 15.2. The molecule has 1 saturated heterocycles. The Morgan fingerprint density at radius 3 is 2.85 bits per heavy atom.